The molecule has 0 atom stereocenters. The molecule has 8 nitrogen and oxygen atoms in total. The van der Waals surface area contributed by atoms with Crippen LogP contribution in [0.5, 0.6) is 0 Å². The Labute approximate surface area is 137 Å². The number of benzene rings is 1. The Morgan fingerprint density at radius 3 is 2.92 bits per heavy atom. The van der Waals surface area contributed by atoms with E-state index in [2.05, 4.69) is 20.4 Å². The molecule has 1 amide bonds. The van der Waals surface area contributed by atoms with Gasteiger partial charge in [0.2, 0.25) is 11.7 Å². The lowest BCUT2D eigenvalue weighted by atomic mass is 10.1. The topological polar surface area (TPSA) is 104 Å². The number of fused-ring (bicyclic) bond motifs is 1. The minimum atomic E-state index is -0.895. The van der Waals surface area contributed by atoms with Crippen LogP contribution in [0.25, 0.3) is 22.2 Å². The van der Waals surface area contributed by atoms with Gasteiger partial charge in [0.1, 0.15) is 5.82 Å². The molecular weight excluding hydrogens is 310 g/mol. The molecule has 1 fully saturated rings. The molecule has 8 heteroatoms. The van der Waals surface area contributed by atoms with E-state index >= 15 is 0 Å². The minimum Gasteiger partial charge on any atom is -0.465 e. The molecule has 1 aliphatic heterocycles. The van der Waals surface area contributed by atoms with Crippen LogP contribution in [-0.2, 0) is 0 Å². The van der Waals surface area contributed by atoms with Crippen LogP contribution in [0.2, 0.25) is 0 Å². The molecule has 2 N–H and O–H groups in total. The number of aryl methyl sites for hydroxylation is 1. The summed E-state index contributed by atoms with van der Waals surface area (Å²) in [5.41, 5.74) is 0.844. The van der Waals surface area contributed by atoms with E-state index in [4.69, 9.17) is 9.63 Å². The van der Waals surface area contributed by atoms with Crippen LogP contribution in [0, 0.1) is 6.92 Å². The van der Waals surface area contributed by atoms with Gasteiger partial charge in [0.15, 0.2) is 0 Å². The lowest BCUT2D eigenvalue weighted by Gasteiger charge is -2.37. The lowest BCUT2D eigenvalue weighted by Crippen LogP contribution is -2.56. The van der Waals surface area contributed by atoms with Crippen LogP contribution in [0.3, 0.4) is 0 Å². The Kier molecular flexibility index (Phi) is 3.30. The number of hydrogen-bond donors (Lipinski definition) is 2. The van der Waals surface area contributed by atoms with E-state index in [1.54, 1.807) is 13.1 Å². The number of carbonyl (C=O) groups is 1. The summed E-state index contributed by atoms with van der Waals surface area (Å²) >= 11 is 0. The Morgan fingerprint density at radius 1 is 1.38 bits per heavy atom. The van der Waals surface area contributed by atoms with Gasteiger partial charge < -0.3 is 19.8 Å². The number of nitrogens with one attached hydrogen (secondary N) is 1. The zero-order valence-electron chi connectivity index (χ0n) is 12.9. The Bertz CT molecular complexity index is 917. The quantitative estimate of drug-likeness (QED) is 0.761. The highest BCUT2D eigenvalue weighted by molar-refractivity contribution is 5.94. The van der Waals surface area contributed by atoms with Crippen molar-refractivity contribution in [3.8, 4) is 11.4 Å². The minimum absolute atomic E-state index is 0.0651. The normalized spacial score (nSPS) is 14.6. The standard InChI is InChI=1S/C16H15N5O3/c1-9-18-14(20-24-9)11-3-2-10-4-5-17-15(13(10)6-11)19-12-7-21(8-12)16(22)23/h2-6,12H,7-8H2,1H3,(H,17,19)(H,22,23). The third-order valence-corrected chi connectivity index (χ3v) is 4.04. The third kappa shape index (κ3) is 2.51. The molecule has 0 spiro atoms. The van der Waals surface area contributed by atoms with Gasteiger partial charge >= 0.3 is 6.09 Å². The van der Waals surface area contributed by atoms with E-state index in [1.165, 1.54) is 4.90 Å². The average Bonchev–Trinajstić information content (AvgIpc) is 2.96. The largest absolute Gasteiger partial charge is 0.465 e. The highest BCUT2D eigenvalue weighted by Crippen LogP contribution is 2.27. The van der Waals surface area contributed by atoms with E-state index in [9.17, 15) is 4.79 Å². The molecule has 3 heterocycles. The first-order valence-corrected chi connectivity index (χ1v) is 7.54. The van der Waals surface area contributed by atoms with Crippen LogP contribution < -0.4 is 5.32 Å². The first-order valence-electron chi connectivity index (χ1n) is 7.54. The van der Waals surface area contributed by atoms with Gasteiger partial charge in [-0.15, -0.1) is 0 Å². The fourth-order valence-corrected chi connectivity index (χ4v) is 2.76. The van der Waals surface area contributed by atoms with E-state index in [0.29, 0.717) is 24.8 Å². The summed E-state index contributed by atoms with van der Waals surface area (Å²) in [6.07, 6.45) is 0.838. The van der Waals surface area contributed by atoms with Gasteiger partial charge in [-0.3, -0.25) is 0 Å². The predicted molar refractivity (Wildman–Crippen MR) is 86.8 cm³/mol. The molecule has 0 saturated carbocycles. The second-order valence-corrected chi connectivity index (χ2v) is 5.76. The summed E-state index contributed by atoms with van der Waals surface area (Å²) < 4.78 is 5.03. The second kappa shape index (κ2) is 5.48. The summed E-state index contributed by atoms with van der Waals surface area (Å²) in [6, 6.07) is 7.87. The van der Waals surface area contributed by atoms with Gasteiger partial charge in [-0.2, -0.15) is 4.98 Å². The van der Waals surface area contributed by atoms with E-state index in [0.717, 1.165) is 22.2 Å². The van der Waals surface area contributed by atoms with Crippen molar-refractivity contribution in [1.29, 1.82) is 0 Å². The number of pyridine rings is 1. The first-order chi connectivity index (χ1) is 11.6. The third-order valence-electron chi connectivity index (χ3n) is 4.04. The SMILES string of the molecule is Cc1nc(-c2ccc3ccnc(NC4CN(C(=O)O)C4)c3c2)no1. The molecule has 3 aromatic rings. The molecule has 122 valence electrons. The maximum absolute atomic E-state index is 10.9. The van der Waals surface area contributed by atoms with Crippen LogP contribution in [0.4, 0.5) is 10.6 Å². The predicted octanol–water partition coefficient (Wildman–Crippen LogP) is 2.37. The van der Waals surface area contributed by atoms with Crippen molar-refractivity contribution in [3.05, 3.63) is 36.4 Å². The first kappa shape index (κ1) is 14.4. The van der Waals surface area contributed by atoms with Crippen molar-refractivity contribution in [2.45, 2.75) is 13.0 Å². The molecule has 4 rings (SSSR count). The van der Waals surface area contributed by atoms with E-state index in [1.807, 2.05) is 24.3 Å². The second-order valence-electron chi connectivity index (χ2n) is 5.76. The molecule has 1 saturated heterocycles. The molecule has 1 aliphatic rings. The number of anilines is 1. The van der Waals surface area contributed by atoms with Crippen molar-refractivity contribution >= 4 is 22.7 Å². The van der Waals surface area contributed by atoms with Crippen molar-refractivity contribution in [3.63, 3.8) is 0 Å². The van der Waals surface area contributed by atoms with Crippen LogP contribution in [-0.4, -0.2) is 50.4 Å². The molecule has 0 unspecified atom stereocenters. The highest BCUT2D eigenvalue weighted by Gasteiger charge is 2.30. The zero-order chi connectivity index (χ0) is 16.7. The highest BCUT2D eigenvalue weighted by atomic mass is 16.5. The number of likely N-dealkylation sites (tertiary alicyclic amines) is 1. The van der Waals surface area contributed by atoms with Gasteiger partial charge in [0.05, 0.1) is 6.04 Å². The number of aromatic nitrogens is 3. The zero-order valence-corrected chi connectivity index (χ0v) is 12.9. The fraction of sp³-hybridized carbons (Fsp3) is 0.250. The number of rotatable bonds is 3. The molecule has 0 aliphatic carbocycles. The number of amides is 1. The Balaban J connectivity index is 1.64. The Hall–Kier alpha value is -3.16. The molecule has 2 aromatic heterocycles. The van der Waals surface area contributed by atoms with Gasteiger partial charge in [0.25, 0.3) is 0 Å². The van der Waals surface area contributed by atoms with Crippen LogP contribution in [0.15, 0.2) is 35.0 Å². The van der Waals surface area contributed by atoms with Crippen molar-refractivity contribution in [1.82, 2.24) is 20.0 Å². The van der Waals surface area contributed by atoms with Crippen molar-refractivity contribution in [2.75, 3.05) is 18.4 Å². The van der Waals surface area contributed by atoms with Gasteiger partial charge in [0, 0.05) is 37.2 Å². The van der Waals surface area contributed by atoms with E-state index in [-0.39, 0.29) is 6.04 Å². The van der Waals surface area contributed by atoms with Crippen LogP contribution in [0.1, 0.15) is 5.89 Å². The maximum Gasteiger partial charge on any atom is 0.407 e. The van der Waals surface area contributed by atoms with E-state index < -0.39 is 6.09 Å². The van der Waals surface area contributed by atoms with Crippen molar-refractivity contribution < 1.29 is 14.4 Å². The molecular formula is C16H15N5O3. The summed E-state index contributed by atoms with van der Waals surface area (Å²) in [5, 5.41) is 18.1. The van der Waals surface area contributed by atoms with Crippen molar-refractivity contribution in [2.24, 2.45) is 0 Å². The molecule has 24 heavy (non-hydrogen) atoms. The summed E-state index contributed by atoms with van der Waals surface area (Å²) in [7, 11) is 0. The number of carboxylic acid groups (broad SMARTS) is 1. The fourth-order valence-electron chi connectivity index (χ4n) is 2.76. The smallest absolute Gasteiger partial charge is 0.407 e. The number of hydrogen-bond acceptors (Lipinski definition) is 6. The average molecular weight is 325 g/mol. The summed E-state index contributed by atoms with van der Waals surface area (Å²) in [6.45, 7) is 2.66. The van der Waals surface area contributed by atoms with Gasteiger partial charge in [-0.25, -0.2) is 9.78 Å². The van der Waals surface area contributed by atoms with Crippen LogP contribution >= 0.6 is 0 Å². The molecule has 0 radical (unpaired) electrons. The molecule has 1 aromatic carbocycles. The monoisotopic (exact) mass is 325 g/mol. The maximum atomic E-state index is 10.9. The number of nitrogens with zero attached hydrogens (tertiary/aromatic N) is 4. The molecule has 0 bridgehead atoms. The Morgan fingerprint density at radius 2 is 2.21 bits per heavy atom. The summed E-state index contributed by atoms with van der Waals surface area (Å²) in [5.74, 6) is 1.77. The lowest BCUT2D eigenvalue weighted by molar-refractivity contribution is 0.111. The van der Waals surface area contributed by atoms with Gasteiger partial charge in [-0.05, 0) is 17.5 Å². The summed E-state index contributed by atoms with van der Waals surface area (Å²) in [4.78, 5) is 20.9. The van der Waals surface area contributed by atoms with Gasteiger partial charge in [-0.1, -0.05) is 17.3 Å².